The zero-order chi connectivity index (χ0) is 16.4. The van der Waals surface area contributed by atoms with Gasteiger partial charge in [0.15, 0.2) is 5.82 Å². The molecule has 0 N–H and O–H groups in total. The van der Waals surface area contributed by atoms with Crippen molar-refractivity contribution in [3.63, 3.8) is 0 Å². The Labute approximate surface area is 139 Å². The predicted molar refractivity (Wildman–Crippen MR) is 92.9 cm³/mol. The lowest BCUT2D eigenvalue weighted by atomic mass is 10.1. The molecule has 0 spiro atoms. The van der Waals surface area contributed by atoms with Crippen LogP contribution in [0.4, 0.5) is 4.39 Å². The Bertz CT molecular complexity index is 888. The maximum atomic E-state index is 13.2. The monoisotopic (exact) mass is 324 g/mol. The third-order valence-electron chi connectivity index (χ3n) is 3.34. The molecule has 0 aliphatic rings. The molecule has 0 saturated heterocycles. The molecule has 23 heavy (non-hydrogen) atoms. The fourth-order valence-corrected chi connectivity index (χ4v) is 3.11. The van der Waals surface area contributed by atoms with E-state index in [-0.39, 0.29) is 11.4 Å². The van der Waals surface area contributed by atoms with Crippen molar-refractivity contribution in [2.75, 3.05) is 0 Å². The number of benzene rings is 1. The molecule has 0 saturated carbocycles. The van der Waals surface area contributed by atoms with Crippen LogP contribution in [0, 0.1) is 17.7 Å². The van der Waals surface area contributed by atoms with Crippen LogP contribution in [0.5, 0.6) is 0 Å². The van der Waals surface area contributed by atoms with E-state index in [1.54, 1.807) is 23.5 Å². The summed E-state index contributed by atoms with van der Waals surface area (Å²) in [5.74, 6) is 6.77. The lowest BCUT2D eigenvalue weighted by Gasteiger charge is -2.22. The minimum absolute atomic E-state index is 0.0246. The fourth-order valence-electron chi connectivity index (χ4n) is 2.25. The third kappa shape index (κ3) is 3.52. The van der Waals surface area contributed by atoms with Crippen LogP contribution in [-0.4, -0.2) is 9.55 Å². The predicted octanol–water partition coefficient (Wildman–Crippen LogP) is 4.91. The highest BCUT2D eigenvalue weighted by Gasteiger charge is 2.18. The van der Waals surface area contributed by atoms with E-state index in [1.807, 2.05) is 24.5 Å². The van der Waals surface area contributed by atoms with Gasteiger partial charge in [-0.3, -0.25) is 0 Å². The number of aromatic nitrogens is 2. The van der Waals surface area contributed by atoms with Gasteiger partial charge in [0, 0.05) is 23.5 Å². The number of imidazole rings is 1. The average molecular weight is 324 g/mol. The quantitative estimate of drug-likeness (QED) is 0.582. The number of hydrogen-bond acceptors (Lipinski definition) is 2. The third-order valence-corrected chi connectivity index (χ3v) is 4.34. The molecule has 1 aromatic carbocycles. The number of rotatable bonds is 1. The van der Waals surface area contributed by atoms with E-state index in [0.29, 0.717) is 5.56 Å². The number of nitrogens with zero attached hydrogens (tertiary/aromatic N) is 2. The van der Waals surface area contributed by atoms with Crippen molar-refractivity contribution in [1.29, 1.82) is 0 Å². The van der Waals surface area contributed by atoms with E-state index >= 15 is 0 Å². The van der Waals surface area contributed by atoms with Crippen molar-refractivity contribution in [2.45, 2.75) is 26.3 Å². The zero-order valence-electron chi connectivity index (χ0n) is 13.3. The van der Waals surface area contributed by atoms with Crippen molar-refractivity contribution in [1.82, 2.24) is 9.55 Å². The van der Waals surface area contributed by atoms with Gasteiger partial charge in [-0.2, -0.15) is 0 Å². The van der Waals surface area contributed by atoms with Crippen molar-refractivity contribution in [3.05, 3.63) is 65.0 Å². The normalized spacial score (nSPS) is 11.1. The number of thiophene rings is 1. The summed E-state index contributed by atoms with van der Waals surface area (Å²) in [7, 11) is 0. The standard InChI is InChI=1S/C19H17FN2S/c1-19(2,3)22-12-11-21-18(22)17-10-9-16(23-17)8-7-14-5-4-6-15(20)13-14/h4-6,9-13H,1-3H3. The molecule has 0 bridgehead atoms. The van der Waals surface area contributed by atoms with E-state index in [1.165, 1.54) is 12.1 Å². The Morgan fingerprint density at radius 3 is 2.70 bits per heavy atom. The summed E-state index contributed by atoms with van der Waals surface area (Å²) in [6, 6.07) is 10.3. The molecule has 2 nitrogen and oxygen atoms in total. The first-order valence-electron chi connectivity index (χ1n) is 7.35. The maximum Gasteiger partial charge on any atom is 0.150 e. The molecule has 116 valence electrons. The highest BCUT2D eigenvalue weighted by atomic mass is 32.1. The van der Waals surface area contributed by atoms with Gasteiger partial charge in [0.05, 0.1) is 9.75 Å². The van der Waals surface area contributed by atoms with E-state index in [2.05, 4.69) is 42.2 Å². The molecule has 0 amide bonds. The van der Waals surface area contributed by atoms with Crippen LogP contribution in [0.2, 0.25) is 0 Å². The summed E-state index contributed by atoms with van der Waals surface area (Å²) in [4.78, 5) is 6.49. The zero-order valence-corrected chi connectivity index (χ0v) is 14.1. The summed E-state index contributed by atoms with van der Waals surface area (Å²) in [5, 5.41) is 0. The second-order valence-electron chi connectivity index (χ2n) is 6.22. The minimum Gasteiger partial charge on any atom is -0.325 e. The summed E-state index contributed by atoms with van der Waals surface area (Å²) < 4.78 is 15.3. The molecule has 2 aromatic heterocycles. The highest BCUT2D eigenvalue weighted by molar-refractivity contribution is 7.15. The summed E-state index contributed by atoms with van der Waals surface area (Å²) in [5.41, 5.74) is 0.652. The van der Waals surface area contributed by atoms with Crippen molar-refractivity contribution < 1.29 is 4.39 Å². The van der Waals surface area contributed by atoms with Crippen molar-refractivity contribution in [2.24, 2.45) is 0 Å². The first-order chi connectivity index (χ1) is 10.9. The lowest BCUT2D eigenvalue weighted by Crippen LogP contribution is -2.21. The topological polar surface area (TPSA) is 17.8 Å². The smallest absolute Gasteiger partial charge is 0.150 e. The van der Waals surface area contributed by atoms with Gasteiger partial charge in [-0.05, 0) is 51.1 Å². The largest absolute Gasteiger partial charge is 0.325 e. The van der Waals surface area contributed by atoms with Crippen LogP contribution in [-0.2, 0) is 5.54 Å². The molecule has 0 radical (unpaired) electrons. The SMILES string of the molecule is CC(C)(C)n1ccnc1-c1ccc(C#Cc2cccc(F)c2)s1. The Hall–Kier alpha value is -2.38. The first kappa shape index (κ1) is 15.5. The highest BCUT2D eigenvalue weighted by Crippen LogP contribution is 2.30. The average Bonchev–Trinajstić information content (AvgIpc) is 3.13. The molecule has 0 aliphatic carbocycles. The molecular formula is C19H17FN2S. The lowest BCUT2D eigenvalue weighted by molar-refractivity contribution is 0.401. The van der Waals surface area contributed by atoms with Crippen LogP contribution in [0.3, 0.4) is 0 Å². The Balaban J connectivity index is 1.89. The summed E-state index contributed by atoms with van der Waals surface area (Å²) >= 11 is 1.59. The van der Waals surface area contributed by atoms with Crippen LogP contribution in [0.1, 0.15) is 31.2 Å². The molecule has 0 unspecified atom stereocenters. The van der Waals surface area contributed by atoms with Crippen molar-refractivity contribution >= 4 is 11.3 Å². The second-order valence-corrected chi connectivity index (χ2v) is 7.30. The van der Waals surface area contributed by atoms with Gasteiger partial charge in [-0.15, -0.1) is 11.3 Å². The molecular weight excluding hydrogens is 307 g/mol. The van der Waals surface area contributed by atoms with E-state index in [9.17, 15) is 4.39 Å². The van der Waals surface area contributed by atoms with Crippen molar-refractivity contribution in [3.8, 4) is 22.5 Å². The Morgan fingerprint density at radius 1 is 1.13 bits per heavy atom. The van der Waals surface area contributed by atoms with Gasteiger partial charge >= 0.3 is 0 Å². The molecule has 0 atom stereocenters. The van der Waals surface area contributed by atoms with Gasteiger partial charge < -0.3 is 4.57 Å². The van der Waals surface area contributed by atoms with Gasteiger partial charge in [-0.1, -0.05) is 17.9 Å². The van der Waals surface area contributed by atoms with Crippen LogP contribution in [0.15, 0.2) is 48.8 Å². The Morgan fingerprint density at radius 2 is 1.96 bits per heavy atom. The molecule has 3 rings (SSSR count). The van der Waals surface area contributed by atoms with E-state index < -0.39 is 0 Å². The van der Waals surface area contributed by atoms with Crippen LogP contribution < -0.4 is 0 Å². The van der Waals surface area contributed by atoms with Gasteiger partial charge in [0.25, 0.3) is 0 Å². The van der Waals surface area contributed by atoms with Gasteiger partial charge in [0.2, 0.25) is 0 Å². The summed E-state index contributed by atoms with van der Waals surface area (Å²) in [6.45, 7) is 6.45. The summed E-state index contributed by atoms with van der Waals surface area (Å²) in [6.07, 6.45) is 3.81. The van der Waals surface area contributed by atoms with Gasteiger partial charge in [-0.25, -0.2) is 9.37 Å². The van der Waals surface area contributed by atoms with Gasteiger partial charge in [0.1, 0.15) is 5.82 Å². The maximum absolute atomic E-state index is 13.2. The Kier molecular flexibility index (Phi) is 4.06. The van der Waals surface area contributed by atoms with E-state index in [4.69, 9.17) is 0 Å². The first-order valence-corrected chi connectivity index (χ1v) is 8.17. The molecule has 3 aromatic rings. The van der Waals surface area contributed by atoms with E-state index in [0.717, 1.165) is 15.6 Å². The van der Waals surface area contributed by atoms with Crippen LogP contribution >= 0.6 is 11.3 Å². The van der Waals surface area contributed by atoms with Crippen LogP contribution in [0.25, 0.3) is 10.7 Å². The minimum atomic E-state index is -0.268. The fraction of sp³-hybridized carbons (Fsp3) is 0.211. The molecule has 0 fully saturated rings. The number of halogens is 1. The molecule has 0 aliphatic heterocycles. The number of hydrogen-bond donors (Lipinski definition) is 0. The molecule has 4 heteroatoms. The molecule has 2 heterocycles. The second kappa shape index (κ2) is 6.02.